The van der Waals surface area contributed by atoms with Crippen molar-refractivity contribution >= 4 is 18.2 Å². The van der Waals surface area contributed by atoms with E-state index in [1.807, 2.05) is 6.92 Å². The summed E-state index contributed by atoms with van der Waals surface area (Å²) in [4.78, 5) is 32.9. The minimum atomic E-state index is -1.06. The summed E-state index contributed by atoms with van der Waals surface area (Å²) in [5, 5.41) is 11.3. The number of hydrogen-bond donors (Lipinski definition) is 2. The minimum Gasteiger partial charge on any atom is -0.484 e. The molecule has 1 atom stereocenters. The molecule has 0 fully saturated rings. The third-order valence-corrected chi connectivity index (χ3v) is 2.60. The topological polar surface area (TPSA) is 92.7 Å². The number of nitrogens with one attached hydrogen (secondary N) is 1. The lowest BCUT2D eigenvalue weighted by Gasteiger charge is -2.13. The SMILES string of the molecule is CCCC(NC(=O)COc1ccc(C=O)cc1)C(=O)O. The van der Waals surface area contributed by atoms with Gasteiger partial charge in [-0.05, 0) is 30.7 Å². The number of rotatable bonds is 8. The number of hydrogen-bond acceptors (Lipinski definition) is 4. The number of benzene rings is 1. The Morgan fingerprint density at radius 1 is 1.35 bits per heavy atom. The van der Waals surface area contributed by atoms with Gasteiger partial charge in [0.1, 0.15) is 18.1 Å². The molecule has 0 aromatic heterocycles. The van der Waals surface area contributed by atoms with Crippen molar-refractivity contribution in [3.63, 3.8) is 0 Å². The lowest BCUT2D eigenvalue weighted by molar-refractivity contribution is -0.142. The Kier molecular flexibility index (Phi) is 6.22. The second-order valence-electron chi connectivity index (χ2n) is 4.22. The van der Waals surface area contributed by atoms with Crippen LogP contribution in [0.5, 0.6) is 5.75 Å². The van der Waals surface area contributed by atoms with Crippen molar-refractivity contribution in [2.45, 2.75) is 25.8 Å². The van der Waals surface area contributed by atoms with Crippen molar-refractivity contribution in [3.05, 3.63) is 29.8 Å². The van der Waals surface area contributed by atoms with Gasteiger partial charge in [-0.3, -0.25) is 9.59 Å². The molecule has 0 spiro atoms. The van der Waals surface area contributed by atoms with Crippen LogP contribution in [-0.4, -0.2) is 35.9 Å². The summed E-state index contributed by atoms with van der Waals surface area (Å²) >= 11 is 0. The summed E-state index contributed by atoms with van der Waals surface area (Å²) in [7, 11) is 0. The Hall–Kier alpha value is -2.37. The first-order valence-electron chi connectivity index (χ1n) is 6.27. The van der Waals surface area contributed by atoms with E-state index in [-0.39, 0.29) is 6.61 Å². The van der Waals surface area contributed by atoms with Gasteiger partial charge in [0.25, 0.3) is 5.91 Å². The average Bonchev–Trinajstić information content (AvgIpc) is 2.45. The predicted octanol–water partition coefficient (Wildman–Crippen LogP) is 1.25. The molecule has 0 aliphatic heterocycles. The van der Waals surface area contributed by atoms with E-state index in [1.54, 1.807) is 24.3 Å². The van der Waals surface area contributed by atoms with Crippen molar-refractivity contribution in [2.75, 3.05) is 6.61 Å². The summed E-state index contributed by atoms with van der Waals surface area (Å²) in [6, 6.07) is 5.37. The maximum atomic E-state index is 11.6. The average molecular weight is 279 g/mol. The van der Waals surface area contributed by atoms with Crippen molar-refractivity contribution in [1.82, 2.24) is 5.32 Å². The highest BCUT2D eigenvalue weighted by Gasteiger charge is 2.18. The van der Waals surface area contributed by atoms with Crippen molar-refractivity contribution in [3.8, 4) is 5.75 Å². The summed E-state index contributed by atoms with van der Waals surface area (Å²) in [6.45, 7) is 1.57. The number of carbonyl (C=O) groups excluding carboxylic acids is 2. The molecule has 1 unspecified atom stereocenters. The van der Waals surface area contributed by atoms with Gasteiger partial charge in [0, 0.05) is 5.56 Å². The summed E-state index contributed by atoms with van der Waals surface area (Å²) in [5.74, 6) is -1.12. The molecular formula is C14H17NO5. The van der Waals surface area contributed by atoms with E-state index in [0.29, 0.717) is 30.4 Å². The van der Waals surface area contributed by atoms with Gasteiger partial charge in [-0.2, -0.15) is 0 Å². The van der Waals surface area contributed by atoms with Gasteiger partial charge < -0.3 is 15.2 Å². The molecule has 0 heterocycles. The molecule has 0 aliphatic carbocycles. The van der Waals surface area contributed by atoms with E-state index < -0.39 is 17.9 Å². The lowest BCUT2D eigenvalue weighted by Crippen LogP contribution is -2.42. The Morgan fingerprint density at radius 2 is 2.00 bits per heavy atom. The maximum absolute atomic E-state index is 11.6. The van der Waals surface area contributed by atoms with Crippen LogP contribution in [0.2, 0.25) is 0 Å². The quantitative estimate of drug-likeness (QED) is 0.698. The second-order valence-corrected chi connectivity index (χ2v) is 4.22. The smallest absolute Gasteiger partial charge is 0.326 e. The van der Waals surface area contributed by atoms with E-state index >= 15 is 0 Å². The van der Waals surface area contributed by atoms with Gasteiger partial charge in [-0.25, -0.2) is 4.79 Å². The normalized spacial score (nSPS) is 11.4. The van der Waals surface area contributed by atoms with E-state index in [2.05, 4.69) is 5.32 Å². The zero-order valence-corrected chi connectivity index (χ0v) is 11.2. The number of aliphatic carboxylic acids is 1. The van der Waals surface area contributed by atoms with E-state index in [1.165, 1.54) is 0 Å². The number of carboxylic acids is 1. The standard InChI is InChI=1S/C14H17NO5/c1-2-3-12(14(18)19)15-13(17)9-20-11-6-4-10(8-16)5-7-11/h4-8,12H,2-3,9H2,1H3,(H,15,17)(H,18,19). The molecule has 0 bridgehead atoms. The van der Waals surface area contributed by atoms with Crippen LogP contribution in [0.25, 0.3) is 0 Å². The summed E-state index contributed by atoms with van der Waals surface area (Å²) in [6.07, 6.45) is 1.74. The third kappa shape index (κ3) is 5.09. The van der Waals surface area contributed by atoms with Crippen LogP contribution < -0.4 is 10.1 Å². The maximum Gasteiger partial charge on any atom is 0.326 e. The van der Waals surface area contributed by atoms with Gasteiger partial charge in [0.15, 0.2) is 6.61 Å². The van der Waals surface area contributed by atoms with Crippen LogP contribution in [-0.2, 0) is 9.59 Å². The molecule has 1 aromatic carbocycles. The highest BCUT2D eigenvalue weighted by molar-refractivity contribution is 5.84. The molecule has 6 heteroatoms. The minimum absolute atomic E-state index is 0.270. The highest BCUT2D eigenvalue weighted by atomic mass is 16.5. The second kappa shape index (κ2) is 7.93. The van der Waals surface area contributed by atoms with Crippen LogP contribution in [0, 0.1) is 0 Å². The van der Waals surface area contributed by atoms with Gasteiger partial charge in [0.05, 0.1) is 0 Å². The Morgan fingerprint density at radius 3 is 2.50 bits per heavy atom. The first-order valence-corrected chi connectivity index (χ1v) is 6.27. The van der Waals surface area contributed by atoms with E-state index in [9.17, 15) is 14.4 Å². The largest absolute Gasteiger partial charge is 0.484 e. The van der Waals surface area contributed by atoms with Crippen molar-refractivity contribution < 1.29 is 24.2 Å². The predicted molar refractivity (Wildman–Crippen MR) is 71.8 cm³/mol. The molecule has 0 radical (unpaired) electrons. The molecule has 108 valence electrons. The summed E-state index contributed by atoms with van der Waals surface area (Å²) in [5.41, 5.74) is 0.510. The van der Waals surface area contributed by atoms with Crippen LogP contribution in [0.3, 0.4) is 0 Å². The third-order valence-electron chi connectivity index (χ3n) is 2.60. The molecule has 6 nitrogen and oxygen atoms in total. The number of amides is 1. The number of aldehydes is 1. The van der Waals surface area contributed by atoms with E-state index in [0.717, 1.165) is 0 Å². The monoisotopic (exact) mass is 279 g/mol. The molecule has 0 aliphatic rings. The zero-order valence-electron chi connectivity index (χ0n) is 11.2. The molecule has 1 rings (SSSR count). The molecule has 1 amide bonds. The lowest BCUT2D eigenvalue weighted by atomic mass is 10.2. The number of carbonyl (C=O) groups is 3. The van der Waals surface area contributed by atoms with Crippen molar-refractivity contribution in [1.29, 1.82) is 0 Å². The fourth-order valence-electron chi connectivity index (χ4n) is 1.57. The molecule has 0 saturated carbocycles. The fraction of sp³-hybridized carbons (Fsp3) is 0.357. The van der Waals surface area contributed by atoms with Crippen LogP contribution in [0.4, 0.5) is 0 Å². The number of ether oxygens (including phenoxy) is 1. The van der Waals surface area contributed by atoms with Gasteiger partial charge >= 0.3 is 5.97 Å². The first kappa shape index (κ1) is 15.7. The Labute approximate surface area is 116 Å². The van der Waals surface area contributed by atoms with Gasteiger partial charge in [-0.1, -0.05) is 13.3 Å². The van der Waals surface area contributed by atoms with Gasteiger partial charge in [0.2, 0.25) is 0 Å². The Balaban J connectivity index is 2.45. The molecule has 1 aromatic rings. The Bertz CT molecular complexity index is 469. The zero-order chi connectivity index (χ0) is 15.0. The van der Waals surface area contributed by atoms with Crippen molar-refractivity contribution in [2.24, 2.45) is 0 Å². The van der Waals surface area contributed by atoms with Crippen LogP contribution in [0.1, 0.15) is 30.1 Å². The highest BCUT2D eigenvalue weighted by Crippen LogP contribution is 2.10. The first-order chi connectivity index (χ1) is 9.56. The van der Waals surface area contributed by atoms with Crippen LogP contribution in [0.15, 0.2) is 24.3 Å². The molecule has 0 saturated heterocycles. The fourth-order valence-corrected chi connectivity index (χ4v) is 1.57. The molecule has 20 heavy (non-hydrogen) atoms. The summed E-state index contributed by atoms with van der Waals surface area (Å²) < 4.78 is 5.21. The van der Waals surface area contributed by atoms with Crippen LogP contribution >= 0.6 is 0 Å². The molecular weight excluding hydrogens is 262 g/mol. The number of carboxylic acid groups (broad SMARTS) is 1. The van der Waals surface area contributed by atoms with E-state index in [4.69, 9.17) is 9.84 Å². The van der Waals surface area contributed by atoms with Gasteiger partial charge in [-0.15, -0.1) is 0 Å². The molecule has 2 N–H and O–H groups in total.